The quantitative estimate of drug-likeness (QED) is 0.0543. The molecule has 26 nitrogen and oxygen atoms in total. The number of aromatic nitrogens is 8. The van der Waals surface area contributed by atoms with E-state index in [9.17, 15) is 48.7 Å². The zero-order valence-corrected chi connectivity index (χ0v) is 30.8. The van der Waals surface area contributed by atoms with Crippen LogP contribution in [0.2, 0.25) is 0 Å². The van der Waals surface area contributed by atoms with Gasteiger partial charge in [-0.2, -0.15) is 0 Å². The average Bonchev–Trinajstić information content (AvgIpc) is 3.77. The van der Waals surface area contributed by atoms with Crippen LogP contribution in [-0.4, -0.2) is 106 Å². The van der Waals surface area contributed by atoms with Crippen LogP contribution in [-0.2, 0) is 59.9 Å². The standard InChI is InChI=1S/C23H32N9O17P3S/c1-8-26-17-11(19(36)27-8)25-6-31(17)21-15(35)13(33)9(46-21)4-44-50(38,39)48-52(42,53)49-51(40,41)45-5-10-14(34)16(43-3)22(47-10)32-7-30(2)12-18(32)28-23(24)29-20(12)37/h6-7,9-10,13-16,21-22,33-35H,4-5H2,1-3H3,(H6-,24,26,27,28,29,36,37,38,39,40,41,42,53)/p-2/t9-,10-,13?,14+,15+,16?,21-,22-,52?/m1/s1. The lowest BCUT2D eigenvalue weighted by molar-refractivity contribution is -0.746. The minimum absolute atomic E-state index is 0.0212. The van der Waals surface area contributed by atoms with Gasteiger partial charge in [0.05, 0.1) is 26.6 Å². The van der Waals surface area contributed by atoms with Crippen molar-refractivity contribution < 1.29 is 75.6 Å². The first-order valence-electron chi connectivity index (χ1n) is 14.9. The molecule has 4 aromatic rings. The minimum Gasteiger partial charge on any atom is -0.779 e. The molecule has 0 radical (unpaired) electrons. The number of fused-ring (bicyclic) bond motifs is 2. The molecule has 2 aliphatic heterocycles. The Labute approximate surface area is 300 Å². The summed E-state index contributed by atoms with van der Waals surface area (Å²) in [6.45, 7) is -6.10. The Hall–Kier alpha value is -2.91. The maximum Gasteiger partial charge on any atom is 0.313 e. The number of phosphoric ester groups is 2. The van der Waals surface area contributed by atoms with E-state index < -0.39 is 95.8 Å². The van der Waals surface area contributed by atoms with Crippen LogP contribution < -0.4 is 36.1 Å². The maximum absolute atomic E-state index is 12.7. The number of aliphatic hydroxyl groups is 3. The molecule has 7 N–H and O–H groups in total. The molecule has 0 saturated carbocycles. The second kappa shape index (κ2) is 14.6. The van der Waals surface area contributed by atoms with Crippen molar-refractivity contribution in [3.63, 3.8) is 0 Å². The van der Waals surface area contributed by atoms with Crippen LogP contribution in [0.25, 0.3) is 22.3 Å². The van der Waals surface area contributed by atoms with Crippen molar-refractivity contribution in [2.75, 3.05) is 26.1 Å². The summed E-state index contributed by atoms with van der Waals surface area (Å²) in [6.07, 6.45) is -9.48. The summed E-state index contributed by atoms with van der Waals surface area (Å²) in [7, 11) is -8.84. The molecule has 2 saturated heterocycles. The fourth-order valence-electron chi connectivity index (χ4n) is 5.75. The average molecular weight is 830 g/mol. The number of H-pyrrole nitrogens is 2. The van der Waals surface area contributed by atoms with E-state index >= 15 is 0 Å². The number of nitrogens with one attached hydrogen (secondary N) is 2. The van der Waals surface area contributed by atoms with Gasteiger partial charge in [-0.1, -0.05) is 16.8 Å². The molecule has 0 amide bonds. The first-order chi connectivity index (χ1) is 24.7. The summed E-state index contributed by atoms with van der Waals surface area (Å²) < 4.78 is 63.1. The molecule has 2 fully saturated rings. The highest BCUT2D eigenvalue weighted by molar-refractivity contribution is 8.09. The molecular weight excluding hydrogens is 799 g/mol. The summed E-state index contributed by atoms with van der Waals surface area (Å²) in [5.74, 6) is -0.0328. The number of aliphatic hydroxyl groups excluding tert-OH is 3. The van der Waals surface area contributed by atoms with Crippen molar-refractivity contribution in [2.45, 2.75) is 56.0 Å². The molecule has 0 bridgehead atoms. The van der Waals surface area contributed by atoms with Crippen LogP contribution >= 0.6 is 22.4 Å². The smallest absolute Gasteiger partial charge is 0.313 e. The first kappa shape index (κ1) is 39.8. The summed E-state index contributed by atoms with van der Waals surface area (Å²) in [5, 5.41) is 31.9. The van der Waals surface area contributed by atoms with E-state index in [-0.39, 0.29) is 34.1 Å². The van der Waals surface area contributed by atoms with Crippen molar-refractivity contribution in [3.8, 4) is 0 Å². The number of imidazole rings is 2. The molecule has 0 spiro atoms. The minimum atomic E-state index is -5.79. The Balaban J connectivity index is 1.06. The van der Waals surface area contributed by atoms with Crippen LogP contribution in [0.3, 0.4) is 0 Å². The van der Waals surface area contributed by atoms with Gasteiger partial charge in [0.25, 0.3) is 32.7 Å². The van der Waals surface area contributed by atoms with Gasteiger partial charge in [0.1, 0.15) is 49.2 Å². The van der Waals surface area contributed by atoms with Gasteiger partial charge in [-0.3, -0.25) is 41.5 Å². The number of hydrogen-bond donors (Lipinski definition) is 6. The number of hydrogen-bond acceptors (Lipinski definition) is 22. The Morgan fingerprint density at radius 3 is 2.25 bits per heavy atom. The van der Waals surface area contributed by atoms with E-state index in [1.54, 1.807) is 0 Å². The monoisotopic (exact) mass is 829 g/mol. The molecule has 292 valence electrons. The SMILES string of the molecule is COC1[C@@H](O)[C@@H](COP(=O)([O-])OP([O-])(=S)OP(=O)([O-])OC[C@H]2O[C@@H](n3cnc4c(=O)[nH]c(C)nc43)[C@@H](O)C2O)O[C@H]1[n+]1cn(C)c2c(=O)[nH]c(N)nc21. The number of rotatable bonds is 13. The van der Waals surface area contributed by atoms with E-state index in [2.05, 4.69) is 54.4 Å². The van der Waals surface area contributed by atoms with Crippen molar-refractivity contribution in [1.29, 1.82) is 0 Å². The van der Waals surface area contributed by atoms with Gasteiger partial charge >= 0.3 is 5.65 Å². The highest BCUT2D eigenvalue weighted by Crippen LogP contribution is 2.63. The second-order valence-electron chi connectivity index (χ2n) is 11.6. The van der Waals surface area contributed by atoms with Crippen LogP contribution in [0.4, 0.5) is 5.95 Å². The molecule has 11 atom stereocenters. The van der Waals surface area contributed by atoms with Crippen LogP contribution in [0, 0.1) is 6.92 Å². The topological polar surface area (TPSA) is 373 Å². The Kier molecular flexibility index (Phi) is 11.0. The first-order valence-corrected chi connectivity index (χ1v) is 20.4. The van der Waals surface area contributed by atoms with E-state index in [0.717, 1.165) is 10.9 Å². The van der Waals surface area contributed by atoms with E-state index in [4.69, 9.17) is 19.9 Å². The van der Waals surface area contributed by atoms with Crippen LogP contribution in [0.15, 0.2) is 22.2 Å². The number of nitrogens with two attached hydrogens (primary N) is 1. The van der Waals surface area contributed by atoms with Crippen molar-refractivity contribution in [3.05, 3.63) is 39.2 Å². The van der Waals surface area contributed by atoms with Crippen molar-refractivity contribution >= 4 is 62.4 Å². The molecule has 0 aromatic carbocycles. The van der Waals surface area contributed by atoms with Gasteiger partial charge in [0, 0.05) is 7.11 Å². The maximum atomic E-state index is 12.7. The number of methoxy groups -OCH3 is 1. The Morgan fingerprint density at radius 2 is 1.62 bits per heavy atom. The van der Waals surface area contributed by atoms with Crippen molar-refractivity contribution in [1.82, 2.24) is 34.1 Å². The zero-order chi connectivity index (χ0) is 38.8. The molecule has 30 heteroatoms. The van der Waals surface area contributed by atoms with Gasteiger partial charge in [-0.15, -0.1) is 0 Å². The number of aromatic amines is 2. The third-order valence-electron chi connectivity index (χ3n) is 8.00. The van der Waals surface area contributed by atoms with Crippen LogP contribution in [0.1, 0.15) is 18.3 Å². The van der Waals surface area contributed by atoms with Gasteiger partial charge in [0.2, 0.25) is 11.7 Å². The third-order valence-corrected chi connectivity index (χ3v) is 13.3. The normalized spacial score (nSPS) is 29.8. The molecule has 5 unspecified atom stereocenters. The lowest BCUT2D eigenvalue weighted by atomic mass is 10.1. The Bertz CT molecular complexity index is 2300. The van der Waals surface area contributed by atoms with Gasteiger partial charge < -0.3 is 64.0 Å². The van der Waals surface area contributed by atoms with Gasteiger partial charge in [0.15, 0.2) is 23.7 Å². The van der Waals surface area contributed by atoms with Crippen LogP contribution in [0.5, 0.6) is 0 Å². The van der Waals surface area contributed by atoms with Gasteiger partial charge in [-0.05, 0) is 6.92 Å². The summed E-state index contributed by atoms with van der Waals surface area (Å²) in [6, 6.07) is 0. The lowest BCUT2D eigenvalue weighted by Crippen LogP contribution is -2.47. The predicted molar refractivity (Wildman–Crippen MR) is 169 cm³/mol. The number of ether oxygens (including phenoxy) is 3. The molecule has 4 aromatic heterocycles. The second-order valence-corrected chi connectivity index (χ2v) is 17.5. The van der Waals surface area contributed by atoms with Gasteiger partial charge in [-0.25, -0.2) is 14.5 Å². The summed E-state index contributed by atoms with van der Waals surface area (Å²) >= 11 is 4.42. The zero-order valence-electron chi connectivity index (χ0n) is 27.3. The van der Waals surface area contributed by atoms with E-state index in [0.29, 0.717) is 0 Å². The predicted octanol–water partition coefficient (Wildman–Crippen LogP) is -4.95. The lowest BCUT2D eigenvalue weighted by Gasteiger charge is -2.37. The largest absolute Gasteiger partial charge is 0.779 e. The van der Waals surface area contributed by atoms with Crippen molar-refractivity contribution in [2.24, 2.45) is 7.05 Å². The molecule has 0 aliphatic carbocycles. The molecule has 53 heavy (non-hydrogen) atoms. The van der Waals surface area contributed by atoms with E-state index in [1.165, 1.54) is 36.5 Å². The number of aryl methyl sites for hydroxylation is 2. The Morgan fingerprint density at radius 1 is 1.00 bits per heavy atom. The fourth-order valence-corrected chi connectivity index (χ4v) is 10.6. The molecular formula is C23H30N9O17P3S-2. The number of anilines is 1. The highest BCUT2D eigenvalue weighted by atomic mass is 32.5. The number of phosphoric acid groups is 2. The summed E-state index contributed by atoms with van der Waals surface area (Å²) in [5.41, 5.74) is 4.47. The highest BCUT2D eigenvalue weighted by Gasteiger charge is 2.49. The number of nitrogens with zero attached hydrogens (tertiary/aromatic N) is 6. The number of nitrogen functional groups attached to an aromatic ring is 1. The fraction of sp³-hybridized carbons (Fsp3) is 0.565. The molecule has 6 rings (SSSR count). The molecule has 6 heterocycles. The summed E-state index contributed by atoms with van der Waals surface area (Å²) in [4.78, 5) is 79.2. The van der Waals surface area contributed by atoms with E-state index in [1.807, 2.05) is 0 Å². The molecule has 2 aliphatic rings. The third kappa shape index (κ3) is 8.08.